The van der Waals surface area contributed by atoms with Gasteiger partial charge in [-0.1, -0.05) is 6.07 Å². The van der Waals surface area contributed by atoms with Crippen molar-refractivity contribution in [1.29, 1.82) is 5.26 Å². The number of benzene rings is 1. The fourth-order valence-electron chi connectivity index (χ4n) is 1.62. The van der Waals surface area contributed by atoms with Crippen molar-refractivity contribution in [3.8, 4) is 11.8 Å². The summed E-state index contributed by atoms with van der Waals surface area (Å²) in [5.41, 5.74) is 0.423. The molecule has 5 heteroatoms. The molecule has 1 unspecified atom stereocenters. The smallest absolute Gasteiger partial charge is 0.127 e. The SMILES string of the molecule is N#CC(NCc1cccs1)c1cc(O)cc(F)c1. The second-order valence-corrected chi connectivity index (χ2v) is 4.80. The number of halogens is 1. The Labute approximate surface area is 108 Å². The van der Waals surface area contributed by atoms with Crippen molar-refractivity contribution in [3.63, 3.8) is 0 Å². The van der Waals surface area contributed by atoms with Crippen LogP contribution in [0.2, 0.25) is 0 Å². The molecule has 0 saturated heterocycles. The average Bonchev–Trinajstić information content (AvgIpc) is 2.81. The van der Waals surface area contributed by atoms with Crippen molar-refractivity contribution in [2.24, 2.45) is 0 Å². The predicted octanol–water partition coefficient (Wildman–Crippen LogP) is 2.95. The van der Waals surface area contributed by atoms with Crippen LogP contribution >= 0.6 is 11.3 Å². The highest BCUT2D eigenvalue weighted by Crippen LogP contribution is 2.21. The van der Waals surface area contributed by atoms with E-state index in [1.54, 1.807) is 11.3 Å². The van der Waals surface area contributed by atoms with Gasteiger partial charge in [0, 0.05) is 17.5 Å². The first kappa shape index (κ1) is 12.6. The normalized spacial score (nSPS) is 12.0. The molecule has 3 nitrogen and oxygen atoms in total. The van der Waals surface area contributed by atoms with Gasteiger partial charge >= 0.3 is 0 Å². The monoisotopic (exact) mass is 262 g/mol. The molecule has 1 aromatic heterocycles. The molecule has 1 heterocycles. The number of phenols is 1. The van der Waals surface area contributed by atoms with Crippen molar-refractivity contribution in [3.05, 3.63) is 52.0 Å². The van der Waals surface area contributed by atoms with E-state index < -0.39 is 11.9 Å². The predicted molar refractivity (Wildman–Crippen MR) is 67.6 cm³/mol. The Bertz CT molecular complexity index is 543. The van der Waals surface area contributed by atoms with Crippen LogP contribution in [-0.4, -0.2) is 5.11 Å². The molecule has 0 spiro atoms. The van der Waals surface area contributed by atoms with Gasteiger partial charge in [0.2, 0.25) is 0 Å². The number of nitrogens with one attached hydrogen (secondary N) is 1. The lowest BCUT2D eigenvalue weighted by molar-refractivity contribution is 0.466. The van der Waals surface area contributed by atoms with Crippen LogP contribution in [0.15, 0.2) is 35.7 Å². The molecule has 0 radical (unpaired) electrons. The third kappa shape index (κ3) is 3.06. The molecule has 0 aliphatic heterocycles. The highest BCUT2D eigenvalue weighted by molar-refractivity contribution is 7.09. The third-order valence-corrected chi connectivity index (χ3v) is 3.30. The molecular formula is C13H11FN2OS. The number of aromatic hydroxyl groups is 1. The molecule has 0 fully saturated rings. The zero-order chi connectivity index (χ0) is 13.0. The quantitative estimate of drug-likeness (QED) is 0.890. The summed E-state index contributed by atoms with van der Waals surface area (Å²) in [6.45, 7) is 0.535. The molecule has 1 aromatic carbocycles. The van der Waals surface area contributed by atoms with E-state index in [0.29, 0.717) is 12.1 Å². The Morgan fingerprint density at radius 1 is 1.44 bits per heavy atom. The van der Waals surface area contributed by atoms with Crippen LogP contribution in [0.5, 0.6) is 5.75 Å². The Balaban J connectivity index is 2.11. The van der Waals surface area contributed by atoms with Gasteiger partial charge in [-0.15, -0.1) is 11.3 Å². The Morgan fingerprint density at radius 2 is 2.28 bits per heavy atom. The number of thiophene rings is 1. The van der Waals surface area contributed by atoms with E-state index >= 15 is 0 Å². The van der Waals surface area contributed by atoms with Gasteiger partial charge in [0.1, 0.15) is 17.6 Å². The zero-order valence-electron chi connectivity index (χ0n) is 9.43. The highest BCUT2D eigenvalue weighted by Gasteiger charge is 2.12. The molecule has 92 valence electrons. The molecule has 2 rings (SSSR count). The van der Waals surface area contributed by atoms with Crippen LogP contribution in [-0.2, 0) is 6.54 Å². The fraction of sp³-hybridized carbons (Fsp3) is 0.154. The summed E-state index contributed by atoms with van der Waals surface area (Å²) in [6.07, 6.45) is 0. The largest absolute Gasteiger partial charge is 0.508 e. The van der Waals surface area contributed by atoms with Gasteiger partial charge in [0.05, 0.1) is 6.07 Å². The van der Waals surface area contributed by atoms with Gasteiger partial charge in [0.15, 0.2) is 0 Å². The summed E-state index contributed by atoms with van der Waals surface area (Å²) in [6, 6.07) is 8.93. The molecule has 0 aliphatic carbocycles. The Morgan fingerprint density at radius 3 is 2.89 bits per heavy atom. The summed E-state index contributed by atoms with van der Waals surface area (Å²) in [5.74, 6) is -0.730. The molecule has 2 aromatic rings. The first-order valence-electron chi connectivity index (χ1n) is 5.34. The van der Waals surface area contributed by atoms with Crippen molar-refractivity contribution in [2.75, 3.05) is 0 Å². The lowest BCUT2D eigenvalue weighted by Gasteiger charge is -2.11. The number of rotatable bonds is 4. The van der Waals surface area contributed by atoms with Crippen molar-refractivity contribution >= 4 is 11.3 Å². The van der Waals surface area contributed by atoms with Crippen LogP contribution in [0.4, 0.5) is 4.39 Å². The van der Waals surface area contributed by atoms with E-state index in [9.17, 15) is 9.50 Å². The Hall–Kier alpha value is -1.90. The molecule has 0 amide bonds. The number of hydrogen-bond donors (Lipinski definition) is 2. The standard InChI is InChI=1S/C13H11FN2OS/c14-10-4-9(5-11(17)6-10)13(7-15)16-8-12-2-1-3-18-12/h1-6,13,16-17H,8H2. The van der Waals surface area contributed by atoms with Crippen molar-refractivity contribution in [1.82, 2.24) is 5.32 Å². The van der Waals surface area contributed by atoms with Gasteiger partial charge in [-0.05, 0) is 29.1 Å². The Kier molecular flexibility index (Phi) is 3.92. The van der Waals surface area contributed by atoms with Crippen molar-refractivity contribution < 1.29 is 9.50 Å². The minimum atomic E-state index is -0.645. The molecule has 0 saturated carbocycles. The zero-order valence-corrected chi connectivity index (χ0v) is 10.2. The summed E-state index contributed by atoms with van der Waals surface area (Å²) >= 11 is 1.58. The van der Waals surface area contributed by atoms with E-state index in [4.69, 9.17) is 5.26 Å². The fourth-order valence-corrected chi connectivity index (χ4v) is 2.27. The van der Waals surface area contributed by atoms with Gasteiger partial charge in [-0.3, -0.25) is 5.32 Å². The maximum absolute atomic E-state index is 13.1. The minimum absolute atomic E-state index is 0.178. The van der Waals surface area contributed by atoms with Gasteiger partial charge in [-0.2, -0.15) is 5.26 Å². The van der Waals surface area contributed by atoms with Crippen molar-refractivity contribution in [2.45, 2.75) is 12.6 Å². The average molecular weight is 262 g/mol. The van der Waals surface area contributed by atoms with Gasteiger partial charge in [0.25, 0.3) is 0 Å². The van der Waals surface area contributed by atoms with E-state index in [1.165, 1.54) is 12.1 Å². The van der Waals surface area contributed by atoms with E-state index in [1.807, 2.05) is 17.5 Å². The summed E-state index contributed by atoms with van der Waals surface area (Å²) in [5, 5.41) is 23.4. The van der Waals surface area contributed by atoms with E-state index in [2.05, 4.69) is 11.4 Å². The molecule has 2 N–H and O–H groups in total. The number of nitrogens with zero attached hydrogens (tertiary/aromatic N) is 1. The number of hydrogen-bond acceptors (Lipinski definition) is 4. The van der Waals surface area contributed by atoms with Crippen LogP contribution in [0.25, 0.3) is 0 Å². The third-order valence-electron chi connectivity index (χ3n) is 2.43. The second-order valence-electron chi connectivity index (χ2n) is 3.77. The van der Waals surface area contributed by atoms with Gasteiger partial charge in [-0.25, -0.2) is 4.39 Å². The molecule has 18 heavy (non-hydrogen) atoms. The molecule has 1 atom stereocenters. The number of nitriles is 1. The highest BCUT2D eigenvalue weighted by atomic mass is 32.1. The minimum Gasteiger partial charge on any atom is -0.508 e. The molecule has 0 aliphatic rings. The maximum Gasteiger partial charge on any atom is 0.127 e. The maximum atomic E-state index is 13.1. The first-order valence-corrected chi connectivity index (χ1v) is 6.22. The van der Waals surface area contributed by atoms with E-state index in [-0.39, 0.29) is 5.75 Å². The van der Waals surface area contributed by atoms with Crippen LogP contribution in [0.1, 0.15) is 16.5 Å². The number of phenolic OH excluding ortho intramolecular Hbond substituents is 1. The summed E-state index contributed by atoms with van der Waals surface area (Å²) in [7, 11) is 0. The summed E-state index contributed by atoms with van der Waals surface area (Å²) < 4.78 is 13.1. The lowest BCUT2D eigenvalue weighted by atomic mass is 10.1. The first-order chi connectivity index (χ1) is 8.69. The van der Waals surface area contributed by atoms with Crippen LogP contribution in [0, 0.1) is 17.1 Å². The van der Waals surface area contributed by atoms with Gasteiger partial charge < -0.3 is 5.11 Å². The molecule has 0 bridgehead atoms. The van der Waals surface area contributed by atoms with Crippen LogP contribution < -0.4 is 5.32 Å². The lowest BCUT2D eigenvalue weighted by Crippen LogP contribution is -2.19. The topological polar surface area (TPSA) is 56.0 Å². The summed E-state index contributed by atoms with van der Waals surface area (Å²) in [4.78, 5) is 1.09. The molecular weight excluding hydrogens is 251 g/mol. The van der Waals surface area contributed by atoms with E-state index in [0.717, 1.165) is 10.9 Å². The van der Waals surface area contributed by atoms with Crippen LogP contribution in [0.3, 0.4) is 0 Å². The second kappa shape index (κ2) is 5.63.